The first-order chi connectivity index (χ1) is 15.8. The summed E-state index contributed by atoms with van der Waals surface area (Å²) >= 11 is 0. The monoisotopic (exact) mass is 451 g/mol. The Morgan fingerprint density at radius 2 is 1.82 bits per heavy atom. The Bertz CT molecular complexity index is 1150. The number of rotatable bonds is 2. The molecule has 2 saturated heterocycles. The van der Waals surface area contributed by atoms with Crippen molar-refractivity contribution < 1.29 is 23.5 Å². The molecule has 0 unspecified atom stereocenters. The number of halogens is 1. The first-order valence-electron chi connectivity index (χ1n) is 11.2. The fourth-order valence-corrected chi connectivity index (χ4v) is 6.04. The molecular formula is C25H26FN3O4. The number of nitrogens with zero attached hydrogens (tertiary/aromatic N) is 2. The Morgan fingerprint density at radius 3 is 2.52 bits per heavy atom. The highest BCUT2D eigenvalue weighted by Gasteiger charge is 2.64. The topological polar surface area (TPSA) is 79.0 Å². The minimum atomic E-state index is -1.55. The fourth-order valence-electron chi connectivity index (χ4n) is 6.04. The number of anilines is 2. The summed E-state index contributed by atoms with van der Waals surface area (Å²) in [6, 6.07) is 9.94. The number of methoxy groups -OCH3 is 1. The zero-order valence-electron chi connectivity index (χ0n) is 18.8. The van der Waals surface area contributed by atoms with Crippen molar-refractivity contribution in [3.63, 3.8) is 0 Å². The maximum atomic E-state index is 15.0. The van der Waals surface area contributed by atoms with Gasteiger partial charge in [-0.3, -0.25) is 14.9 Å². The van der Waals surface area contributed by atoms with E-state index in [4.69, 9.17) is 4.74 Å². The summed E-state index contributed by atoms with van der Waals surface area (Å²) in [6.45, 7) is 4.61. The molecule has 2 aromatic rings. The Labute approximate surface area is 191 Å². The van der Waals surface area contributed by atoms with E-state index >= 15 is 4.39 Å². The number of barbiturate groups is 1. The molecule has 0 saturated carbocycles. The van der Waals surface area contributed by atoms with Gasteiger partial charge in [-0.15, -0.1) is 0 Å². The number of nitrogens with one attached hydrogen (secondary N) is 1. The summed E-state index contributed by atoms with van der Waals surface area (Å²) in [5.74, 6) is -0.777. The fraction of sp³-hybridized carbons (Fsp3) is 0.400. The van der Waals surface area contributed by atoms with Crippen molar-refractivity contribution in [1.82, 2.24) is 5.32 Å². The second-order valence-corrected chi connectivity index (χ2v) is 9.41. The van der Waals surface area contributed by atoms with Crippen LogP contribution in [0.2, 0.25) is 0 Å². The van der Waals surface area contributed by atoms with Crippen molar-refractivity contribution in [2.45, 2.75) is 32.7 Å². The summed E-state index contributed by atoms with van der Waals surface area (Å²) in [4.78, 5) is 43.5. The SMILES string of the molecule is COc1ccc(N2C(=O)NC(=O)[C@]3(Cc4cccc(F)c4N4C[C@H](C)C[C@@H](C)[C@H]43)C2=O)cc1. The minimum absolute atomic E-state index is 0.0323. The molecule has 2 aromatic carbocycles. The maximum Gasteiger partial charge on any atom is 0.335 e. The first kappa shape index (κ1) is 21.4. The third kappa shape index (κ3) is 3.03. The Hall–Kier alpha value is -3.42. The summed E-state index contributed by atoms with van der Waals surface area (Å²) in [5, 5.41) is 2.43. The molecule has 3 aliphatic heterocycles. The van der Waals surface area contributed by atoms with Crippen LogP contribution >= 0.6 is 0 Å². The van der Waals surface area contributed by atoms with E-state index in [-0.39, 0.29) is 24.1 Å². The number of imide groups is 2. The second-order valence-electron chi connectivity index (χ2n) is 9.41. The summed E-state index contributed by atoms with van der Waals surface area (Å²) in [6.07, 6.45) is 0.828. The van der Waals surface area contributed by atoms with Gasteiger partial charge < -0.3 is 9.64 Å². The zero-order chi connectivity index (χ0) is 23.5. The van der Waals surface area contributed by atoms with Crippen LogP contribution in [0, 0.1) is 23.1 Å². The number of hydrogen-bond acceptors (Lipinski definition) is 5. The van der Waals surface area contributed by atoms with E-state index in [0.29, 0.717) is 29.2 Å². The van der Waals surface area contributed by atoms with E-state index in [9.17, 15) is 14.4 Å². The van der Waals surface area contributed by atoms with E-state index in [0.717, 1.165) is 11.3 Å². The molecule has 7 nitrogen and oxygen atoms in total. The van der Waals surface area contributed by atoms with Gasteiger partial charge in [-0.05, 0) is 60.6 Å². The third-order valence-corrected chi connectivity index (χ3v) is 7.23. The van der Waals surface area contributed by atoms with Gasteiger partial charge >= 0.3 is 6.03 Å². The van der Waals surface area contributed by atoms with Crippen LogP contribution in [0.1, 0.15) is 25.8 Å². The average Bonchev–Trinajstić information content (AvgIpc) is 2.77. The van der Waals surface area contributed by atoms with Gasteiger partial charge in [-0.2, -0.15) is 0 Å². The van der Waals surface area contributed by atoms with Crippen LogP contribution in [-0.2, 0) is 16.0 Å². The molecule has 0 radical (unpaired) electrons. The van der Waals surface area contributed by atoms with E-state index in [1.807, 2.05) is 11.8 Å². The molecule has 4 amide bonds. The highest BCUT2D eigenvalue weighted by molar-refractivity contribution is 6.30. The molecule has 33 heavy (non-hydrogen) atoms. The number of benzene rings is 2. The molecule has 0 aliphatic carbocycles. The lowest BCUT2D eigenvalue weighted by atomic mass is 9.62. The molecule has 2 fully saturated rings. The van der Waals surface area contributed by atoms with E-state index in [1.165, 1.54) is 13.2 Å². The molecule has 8 heteroatoms. The number of fused-ring (bicyclic) bond motifs is 4. The summed E-state index contributed by atoms with van der Waals surface area (Å²) in [7, 11) is 1.53. The standard InChI is InChI=1S/C25H26FN3O4/c1-14-11-15(2)21-25(12-16-5-4-6-19(26)20(16)28(21)13-14)22(30)27-24(32)29(23(25)31)17-7-9-18(33-3)10-8-17/h4-10,14-15,21H,11-13H2,1-3H3,(H,27,30,32)/t14-,15-,21+,25-/m1/s1. The molecule has 3 aliphatic rings. The first-order valence-corrected chi connectivity index (χ1v) is 11.2. The molecule has 0 aromatic heterocycles. The van der Waals surface area contributed by atoms with Crippen molar-refractivity contribution in [1.29, 1.82) is 0 Å². The summed E-state index contributed by atoms with van der Waals surface area (Å²) in [5.41, 5.74) is -0.146. The Morgan fingerprint density at radius 1 is 1.09 bits per heavy atom. The number of piperidine rings is 1. The van der Waals surface area contributed by atoms with E-state index in [1.54, 1.807) is 36.4 Å². The summed E-state index contributed by atoms with van der Waals surface area (Å²) < 4.78 is 20.2. The number of carbonyl (C=O) groups excluding carboxylic acids is 3. The highest BCUT2D eigenvalue weighted by Crippen LogP contribution is 2.51. The van der Waals surface area contributed by atoms with Crippen LogP contribution in [0.4, 0.5) is 20.6 Å². The number of hydrogen-bond donors (Lipinski definition) is 1. The number of carbonyl (C=O) groups is 3. The van der Waals surface area contributed by atoms with Gasteiger partial charge in [0.25, 0.3) is 5.91 Å². The Kier molecular flexibility index (Phi) is 4.92. The van der Waals surface area contributed by atoms with Gasteiger partial charge in [0.2, 0.25) is 5.91 Å². The van der Waals surface area contributed by atoms with Gasteiger partial charge in [-0.1, -0.05) is 26.0 Å². The molecule has 1 N–H and O–H groups in total. The predicted octanol–water partition coefficient (Wildman–Crippen LogP) is 3.51. The zero-order valence-corrected chi connectivity index (χ0v) is 18.8. The van der Waals surface area contributed by atoms with Crippen LogP contribution in [0.25, 0.3) is 0 Å². The molecule has 1 spiro atoms. The van der Waals surface area contributed by atoms with Crippen LogP contribution in [0.3, 0.4) is 0 Å². The van der Waals surface area contributed by atoms with Crippen LogP contribution < -0.4 is 19.9 Å². The number of amides is 4. The van der Waals surface area contributed by atoms with Crippen molar-refractivity contribution in [2.24, 2.45) is 17.3 Å². The van der Waals surface area contributed by atoms with E-state index in [2.05, 4.69) is 12.2 Å². The van der Waals surface area contributed by atoms with Crippen LogP contribution in [0.15, 0.2) is 42.5 Å². The Balaban J connectivity index is 1.68. The largest absolute Gasteiger partial charge is 0.497 e. The predicted molar refractivity (Wildman–Crippen MR) is 121 cm³/mol. The average molecular weight is 451 g/mol. The molecule has 3 heterocycles. The van der Waals surface area contributed by atoms with Crippen molar-refractivity contribution in [3.05, 3.63) is 53.8 Å². The molecule has 4 atom stereocenters. The highest BCUT2D eigenvalue weighted by atomic mass is 19.1. The number of para-hydroxylation sites is 1. The normalized spacial score (nSPS) is 29.0. The number of urea groups is 1. The van der Waals surface area contributed by atoms with Crippen molar-refractivity contribution >= 4 is 29.2 Å². The van der Waals surface area contributed by atoms with E-state index < -0.39 is 29.3 Å². The molecule has 5 rings (SSSR count). The lowest BCUT2D eigenvalue weighted by Gasteiger charge is -2.56. The lowest BCUT2D eigenvalue weighted by molar-refractivity contribution is -0.146. The van der Waals surface area contributed by atoms with Gasteiger partial charge in [-0.25, -0.2) is 14.1 Å². The second kappa shape index (κ2) is 7.57. The number of ether oxygens (including phenoxy) is 1. The molecule has 172 valence electrons. The third-order valence-electron chi connectivity index (χ3n) is 7.23. The maximum absolute atomic E-state index is 15.0. The lowest BCUT2D eigenvalue weighted by Crippen LogP contribution is -2.74. The van der Waals surface area contributed by atoms with Gasteiger partial charge in [0.15, 0.2) is 5.41 Å². The molecule has 0 bridgehead atoms. The van der Waals surface area contributed by atoms with Gasteiger partial charge in [0, 0.05) is 6.54 Å². The van der Waals surface area contributed by atoms with Crippen LogP contribution in [0.5, 0.6) is 5.75 Å². The smallest absolute Gasteiger partial charge is 0.335 e. The van der Waals surface area contributed by atoms with Crippen molar-refractivity contribution in [2.75, 3.05) is 23.5 Å². The van der Waals surface area contributed by atoms with Crippen molar-refractivity contribution in [3.8, 4) is 5.75 Å². The quantitative estimate of drug-likeness (QED) is 0.707. The van der Waals surface area contributed by atoms with Gasteiger partial charge in [0.05, 0.1) is 24.5 Å². The minimum Gasteiger partial charge on any atom is -0.497 e. The molecular weight excluding hydrogens is 425 g/mol. The van der Waals surface area contributed by atoms with Crippen LogP contribution in [-0.4, -0.2) is 37.5 Å². The van der Waals surface area contributed by atoms with Gasteiger partial charge in [0.1, 0.15) is 11.6 Å².